The SMILES string of the molecule is CC(C)=CCC1(c2ccc(OF)cc2C)Oc2cc(O)c(C3C=C(C)CC(c4ccc(O)cc4O)C3C(=O)c3ccc(O)cc3O)c(O)c2C(=O)C1(C)O. The first-order valence-corrected chi connectivity index (χ1v) is 17.2. The van der Waals surface area contributed by atoms with Gasteiger partial charge in [-0.1, -0.05) is 35.4 Å². The normalized spacial score (nSPS) is 23.5. The zero-order valence-corrected chi connectivity index (χ0v) is 30.2. The van der Waals surface area contributed by atoms with Crippen molar-refractivity contribution in [3.8, 4) is 46.0 Å². The maximum atomic E-state index is 14.6. The fourth-order valence-corrected chi connectivity index (χ4v) is 8.01. The van der Waals surface area contributed by atoms with E-state index in [-0.39, 0.29) is 58.3 Å². The summed E-state index contributed by atoms with van der Waals surface area (Å²) in [7, 11) is 0. The number of aromatic hydroxyl groups is 6. The van der Waals surface area contributed by atoms with Crippen molar-refractivity contribution >= 4 is 11.6 Å². The summed E-state index contributed by atoms with van der Waals surface area (Å²) in [5.74, 6) is -8.05. The highest BCUT2D eigenvalue weighted by Crippen LogP contribution is 2.58. The van der Waals surface area contributed by atoms with Gasteiger partial charge in [-0.25, -0.2) is 0 Å². The standard InChI is InChI=1S/C42H41FO11/c1-20(2)12-13-42(30-11-8-25(54-43)16-22(30)4)41(5,52)40(51)37-34(53-42)19-33(48)36(39(37)50)29-15-21(3)14-28(26-9-6-23(44)17-31(26)46)35(29)38(49)27-10-7-24(45)18-32(27)47/h6-12,15-19,28-29,35,44-48,50,52H,13-14H2,1-5H3. The van der Waals surface area contributed by atoms with E-state index in [0.29, 0.717) is 16.7 Å². The van der Waals surface area contributed by atoms with Crippen LogP contribution in [0.2, 0.25) is 0 Å². The average Bonchev–Trinajstić information content (AvgIpc) is 3.08. The minimum Gasteiger partial charge on any atom is -0.508 e. The number of benzene rings is 4. The number of ether oxygens (including phenoxy) is 1. The van der Waals surface area contributed by atoms with Crippen LogP contribution in [0.1, 0.15) is 95.3 Å². The third kappa shape index (κ3) is 6.15. The molecule has 0 saturated carbocycles. The van der Waals surface area contributed by atoms with Crippen molar-refractivity contribution in [3.63, 3.8) is 0 Å². The van der Waals surface area contributed by atoms with Crippen LogP contribution in [0, 0.1) is 12.8 Å². The molecule has 1 aliphatic heterocycles. The average molecular weight is 741 g/mol. The Kier molecular flexibility index (Phi) is 9.62. The molecule has 11 nitrogen and oxygen atoms in total. The fourth-order valence-electron chi connectivity index (χ4n) is 8.01. The molecule has 5 unspecified atom stereocenters. The lowest BCUT2D eigenvalue weighted by atomic mass is 9.64. The Morgan fingerprint density at radius 1 is 0.926 bits per heavy atom. The number of fused-ring (bicyclic) bond motifs is 1. The summed E-state index contributed by atoms with van der Waals surface area (Å²) in [4.78, 5) is 33.1. The van der Waals surface area contributed by atoms with E-state index in [9.17, 15) is 49.9 Å². The van der Waals surface area contributed by atoms with Crippen molar-refractivity contribution in [2.45, 2.75) is 70.5 Å². The van der Waals surface area contributed by atoms with Gasteiger partial charge in [0.05, 0.1) is 5.56 Å². The molecule has 12 heteroatoms. The third-order valence-corrected chi connectivity index (χ3v) is 10.7. The Bertz CT molecular complexity index is 2250. The molecule has 0 saturated heterocycles. The van der Waals surface area contributed by atoms with Crippen molar-refractivity contribution in [3.05, 3.63) is 117 Å². The number of rotatable bonds is 8. The Morgan fingerprint density at radius 3 is 2.20 bits per heavy atom. The highest BCUT2D eigenvalue weighted by atomic mass is 19.3. The quantitative estimate of drug-likeness (QED) is 0.0689. The van der Waals surface area contributed by atoms with E-state index in [1.807, 2.05) is 13.8 Å². The topological polar surface area (TPSA) is 194 Å². The second kappa shape index (κ2) is 13.8. The van der Waals surface area contributed by atoms with Crippen LogP contribution in [0.15, 0.2) is 84.0 Å². The molecule has 5 atom stereocenters. The molecule has 1 heterocycles. The minimum absolute atomic E-state index is 0.0531. The Labute approximate surface area is 310 Å². The smallest absolute Gasteiger partial charge is 0.206 e. The molecular weight excluding hydrogens is 699 g/mol. The molecule has 54 heavy (non-hydrogen) atoms. The van der Waals surface area contributed by atoms with Gasteiger partial charge in [0.2, 0.25) is 5.78 Å². The van der Waals surface area contributed by atoms with Gasteiger partial charge >= 0.3 is 0 Å². The number of carbonyl (C=O) groups is 2. The Hall–Kier alpha value is -6.01. The van der Waals surface area contributed by atoms with Crippen molar-refractivity contribution in [1.29, 1.82) is 0 Å². The number of ketones is 2. The van der Waals surface area contributed by atoms with Gasteiger partial charge in [0.15, 0.2) is 22.7 Å². The first-order chi connectivity index (χ1) is 25.4. The van der Waals surface area contributed by atoms with E-state index in [1.165, 1.54) is 49.4 Å². The van der Waals surface area contributed by atoms with E-state index in [0.717, 1.165) is 23.8 Å². The van der Waals surface area contributed by atoms with Crippen molar-refractivity contribution in [2.75, 3.05) is 0 Å². The molecule has 7 N–H and O–H groups in total. The van der Waals surface area contributed by atoms with Gasteiger partial charge in [-0.15, -0.1) is 0 Å². The summed E-state index contributed by atoms with van der Waals surface area (Å²) in [6, 6.07) is 12.6. The minimum atomic E-state index is -2.38. The molecule has 0 bridgehead atoms. The molecule has 6 rings (SSSR count). The van der Waals surface area contributed by atoms with Crippen LogP contribution in [-0.4, -0.2) is 52.9 Å². The van der Waals surface area contributed by atoms with Gasteiger partial charge in [0.1, 0.15) is 45.8 Å². The van der Waals surface area contributed by atoms with Gasteiger partial charge in [0.25, 0.3) is 0 Å². The van der Waals surface area contributed by atoms with E-state index in [1.54, 1.807) is 26.0 Å². The van der Waals surface area contributed by atoms with Crippen LogP contribution in [0.25, 0.3) is 0 Å². The number of aliphatic hydroxyl groups is 1. The number of phenols is 6. The molecule has 1 aliphatic carbocycles. The van der Waals surface area contributed by atoms with E-state index >= 15 is 0 Å². The summed E-state index contributed by atoms with van der Waals surface area (Å²) in [5, 5.41) is 78.0. The molecule has 0 radical (unpaired) electrons. The summed E-state index contributed by atoms with van der Waals surface area (Å²) in [6.45, 7) is 8.26. The fraction of sp³-hybridized carbons (Fsp3) is 0.286. The van der Waals surface area contributed by atoms with Crippen molar-refractivity contribution in [1.82, 2.24) is 0 Å². The number of hydrogen-bond donors (Lipinski definition) is 7. The lowest BCUT2D eigenvalue weighted by molar-refractivity contribution is -0.111. The lowest BCUT2D eigenvalue weighted by Crippen LogP contribution is -2.61. The predicted octanol–water partition coefficient (Wildman–Crippen LogP) is 7.79. The molecule has 0 spiro atoms. The number of aryl methyl sites for hydroxylation is 1. The summed E-state index contributed by atoms with van der Waals surface area (Å²) in [6.07, 6.45) is 3.54. The summed E-state index contributed by atoms with van der Waals surface area (Å²) >= 11 is 0. The van der Waals surface area contributed by atoms with Crippen LogP contribution in [0.5, 0.6) is 46.0 Å². The monoisotopic (exact) mass is 740 g/mol. The zero-order chi connectivity index (χ0) is 39.4. The van der Waals surface area contributed by atoms with Crippen LogP contribution >= 0.6 is 0 Å². The first kappa shape index (κ1) is 37.7. The highest BCUT2D eigenvalue weighted by Gasteiger charge is 2.60. The highest BCUT2D eigenvalue weighted by molar-refractivity contribution is 6.09. The maximum absolute atomic E-state index is 14.6. The van der Waals surface area contributed by atoms with Crippen LogP contribution in [0.4, 0.5) is 4.53 Å². The maximum Gasteiger partial charge on any atom is 0.206 e. The summed E-state index contributed by atoms with van der Waals surface area (Å²) < 4.78 is 19.7. The largest absolute Gasteiger partial charge is 0.508 e. The van der Waals surface area contributed by atoms with Crippen LogP contribution in [-0.2, 0) is 5.60 Å². The van der Waals surface area contributed by atoms with Gasteiger partial charge in [-0.3, -0.25) is 14.5 Å². The molecule has 4 aromatic rings. The number of Topliss-reactive ketones (excluding diaryl/α,β-unsaturated/α-hetero) is 2. The first-order valence-electron chi connectivity index (χ1n) is 17.2. The molecule has 0 amide bonds. The number of allylic oxidation sites excluding steroid dienone is 3. The number of phenolic OH excluding ortho intramolecular Hbond substituents is 6. The predicted molar refractivity (Wildman–Crippen MR) is 195 cm³/mol. The van der Waals surface area contributed by atoms with Gasteiger partial charge in [-0.05, 0) is 82.5 Å². The molecule has 2 aliphatic rings. The molecule has 282 valence electrons. The van der Waals surface area contributed by atoms with E-state index in [4.69, 9.17) is 4.74 Å². The van der Waals surface area contributed by atoms with Gasteiger partial charge < -0.3 is 40.5 Å². The third-order valence-electron chi connectivity index (χ3n) is 10.7. The van der Waals surface area contributed by atoms with Gasteiger partial charge in [0, 0.05) is 58.0 Å². The zero-order valence-electron chi connectivity index (χ0n) is 30.2. The summed E-state index contributed by atoms with van der Waals surface area (Å²) in [5.41, 5.74) is -2.63. The second-order valence-corrected chi connectivity index (χ2v) is 14.6. The van der Waals surface area contributed by atoms with E-state index in [2.05, 4.69) is 4.94 Å². The molecular formula is C42H41FO11. The van der Waals surface area contributed by atoms with Crippen LogP contribution < -0.4 is 9.68 Å². The second-order valence-electron chi connectivity index (χ2n) is 14.6. The number of halogens is 1. The number of hydrogen-bond acceptors (Lipinski definition) is 11. The Morgan fingerprint density at radius 2 is 1.59 bits per heavy atom. The van der Waals surface area contributed by atoms with Gasteiger partial charge in [-0.2, -0.15) is 0 Å². The molecule has 0 fully saturated rings. The van der Waals surface area contributed by atoms with Crippen molar-refractivity contribution < 1.29 is 59.5 Å². The van der Waals surface area contributed by atoms with E-state index < -0.39 is 63.3 Å². The van der Waals surface area contributed by atoms with Crippen molar-refractivity contribution in [2.24, 2.45) is 5.92 Å². The number of carbonyl (C=O) groups excluding carboxylic acids is 2. The molecule has 4 aromatic carbocycles. The lowest BCUT2D eigenvalue weighted by Gasteiger charge is -2.48. The Balaban J connectivity index is 1.58. The van der Waals surface area contributed by atoms with Crippen LogP contribution in [0.3, 0.4) is 0 Å². The molecule has 0 aromatic heterocycles.